The SMILES string of the molecule is Cc1cc(C2=CC=CC(C(=O)Cl)C2=S(=O)=O)on1. The number of carbonyl (C=O) groups excluding carboxylic acids is 1. The van der Waals surface area contributed by atoms with E-state index in [4.69, 9.17) is 16.1 Å². The lowest BCUT2D eigenvalue weighted by molar-refractivity contribution is -0.112. The fraction of sp³-hybridized carbons (Fsp3) is 0.182. The van der Waals surface area contributed by atoms with Gasteiger partial charge in [-0.2, -0.15) is 8.42 Å². The van der Waals surface area contributed by atoms with Crippen LogP contribution in [-0.4, -0.2) is 23.7 Å². The summed E-state index contributed by atoms with van der Waals surface area (Å²) in [6.07, 6.45) is 4.53. The summed E-state index contributed by atoms with van der Waals surface area (Å²) in [5, 5.41) is 2.93. The Labute approximate surface area is 109 Å². The Morgan fingerprint density at radius 3 is 2.72 bits per heavy atom. The smallest absolute Gasteiger partial charge is 0.233 e. The van der Waals surface area contributed by atoms with Crippen LogP contribution >= 0.6 is 11.6 Å². The molecule has 1 unspecified atom stereocenters. The molecule has 5 nitrogen and oxygen atoms in total. The van der Waals surface area contributed by atoms with Crippen molar-refractivity contribution in [1.29, 1.82) is 0 Å². The number of carbonyl (C=O) groups is 1. The molecule has 1 aliphatic carbocycles. The van der Waals surface area contributed by atoms with Crippen molar-refractivity contribution in [3.63, 3.8) is 0 Å². The first-order chi connectivity index (χ1) is 8.50. The van der Waals surface area contributed by atoms with Crippen molar-refractivity contribution in [2.75, 3.05) is 0 Å². The summed E-state index contributed by atoms with van der Waals surface area (Å²) < 4.78 is 27.6. The maximum atomic E-state index is 11.3. The average Bonchev–Trinajstić information content (AvgIpc) is 2.74. The van der Waals surface area contributed by atoms with Gasteiger partial charge in [-0.3, -0.25) is 4.79 Å². The molecular formula is C11H8ClNO4S. The molecule has 1 aromatic rings. The molecule has 2 rings (SSSR count). The number of halogens is 1. The average molecular weight is 286 g/mol. The van der Waals surface area contributed by atoms with Crippen molar-refractivity contribution in [3.8, 4) is 0 Å². The normalized spacial score (nSPS) is 18.7. The van der Waals surface area contributed by atoms with Crippen LogP contribution < -0.4 is 0 Å². The van der Waals surface area contributed by atoms with Gasteiger partial charge in [0.1, 0.15) is 0 Å². The molecule has 0 N–H and O–H groups in total. The largest absolute Gasteiger partial charge is 0.356 e. The number of allylic oxidation sites excluding steroid dienone is 4. The third-order valence-corrected chi connectivity index (χ3v) is 3.50. The number of hydrogen-bond acceptors (Lipinski definition) is 5. The second-order valence-corrected chi connectivity index (χ2v) is 4.96. The fourth-order valence-electron chi connectivity index (χ4n) is 1.67. The Morgan fingerprint density at radius 1 is 1.50 bits per heavy atom. The van der Waals surface area contributed by atoms with Gasteiger partial charge in [-0.25, -0.2) is 0 Å². The number of hydrogen-bond donors (Lipinski definition) is 0. The van der Waals surface area contributed by atoms with Crippen molar-refractivity contribution in [1.82, 2.24) is 5.16 Å². The highest BCUT2D eigenvalue weighted by atomic mass is 35.5. The van der Waals surface area contributed by atoms with Crippen LogP contribution in [0.4, 0.5) is 0 Å². The highest BCUT2D eigenvalue weighted by Gasteiger charge is 2.29. The summed E-state index contributed by atoms with van der Waals surface area (Å²) in [5.74, 6) is -0.700. The van der Waals surface area contributed by atoms with E-state index in [1.165, 1.54) is 6.08 Å². The molecular weight excluding hydrogens is 278 g/mol. The molecule has 1 aromatic heterocycles. The van der Waals surface area contributed by atoms with E-state index < -0.39 is 21.5 Å². The Morgan fingerprint density at radius 2 is 2.22 bits per heavy atom. The maximum absolute atomic E-state index is 11.3. The minimum Gasteiger partial charge on any atom is -0.356 e. The van der Waals surface area contributed by atoms with E-state index in [-0.39, 0.29) is 4.86 Å². The Kier molecular flexibility index (Phi) is 3.49. The first-order valence-corrected chi connectivity index (χ1v) is 6.44. The summed E-state index contributed by atoms with van der Waals surface area (Å²) in [6, 6.07) is 1.59. The van der Waals surface area contributed by atoms with Gasteiger partial charge in [0.15, 0.2) is 5.76 Å². The zero-order valence-electron chi connectivity index (χ0n) is 9.25. The van der Waals surface area contributed by atoms with Crippen LogP contribution in [-0.2, 0) is 15.1 Å². The Balaban J connectivity index is 2.60. The Bertz CT molecular complexity index is 688. The van der Waals surface area contributed by atoms with Crippen molar-refractivity contribution >= 4 is 37.6 Å². The van der Waals surface area contributed by atoms with Crippen LogP contribution in [0.1, 0.15) is 11.5 Å². The van der Waals surface area contributed by atoms with Crippen LogP contribution in [0.3, 0.4) is 0 Å². The van der Waals surface area contributed by atoms with Crippen LogP contribution in [0.2, 0.25) is 0 Å². The molecule has 1 aliphatic rings. The highest BCUT2D eigenvalue weighted by molar-refractivity contribution is 7.74. The van der Waals surface area contributed by atoms with E-state index >= 15 is 0 Å². The molecule has 0 bridgehead atoms. The maximum Gasteiger partial charge on any atom is 0.233 e. The Hall–Kier alpha value is -1.66. The second-order valence-electron chi connectivity index (χ2n) is 3.68. The molecule has 0 aromatic carbocycles. The topological polar surface area (TPSA) is 77.2 Å². The minimum atomic E-state index is -2.57. The summed E-state index contributed by atoms with van der Waals surface area (Å²) >= 11 is 5.40. The van der Waals surface area contributed by atoms with E-state index in [0.717, 1.165) is 0 Å². The van der Waals surface area contributed by atoms with Gasteiger partial charge < -0.3 is 4.52 Å². The van der Waals surface area contributed by atoms with E-state index in [2.05, 4.69) is 5.16 Å². The van der Waals surface area contributed by atoms with Gasteiger partial charge in [0, 0.05) is 11.6 Å². The van der Waals surface area contributed by atoms with E-state index in [9.17, 15) is 13.2 Å². The number of aromatic nitrogens is 1. The summed E-state index contributed by atoms with van der Waals surface area (Å²) in [7, 11) is -2.57. The lowest BCUT2D eigenvalue weighted by atomic mass is 9.93. The minimum absolute atomic E-state index is 0.103. The summed E-state index contributed by atoms with van der Waals surface area (Å²) in [5.41, 5.74) is 0.913. The lowest BCUT2D eigenvalue weighted by Crippen LogP contribution is -2.22. The number of aryl methyl sites for hydroxylation is 1. The highest BCUT2D eigenvalue weighted by Crippen LogP contribution is 2.26. The van der Waals surface area contributed by atoms with E-state index in [0.29, 0.717) is 17.0 Å². The van der Waals surface area contributed by atoms with Gasteiger partial charge in [0.05, 0.1) is 16.5 Å². The molecule has 1 heterocycles. The van der Waals surface area contributed by atoms with Gasteiger partial charge in [-0.05, 0) is 18.5 Å². The molecule has 94 valence electrons. The monoisotopic (exact) mass is 285 g/mol. The molecule has 7 heteroatoms. The molecule has 1 atom stereocenters. The molecule has 0 fully saturated rings. The molecule has 0 spiro atoms. The summed E-state index contributed by atoms with van der Waals surface area (Å²) in [4.78, 5) is 11.1. The first kappa shape index (κ1) is 12.8. The predicted octanol–water partition coefficient (Wildman–Crippen LogP) is 1.37. The standard InChI is InChI=1S/C11H8ClNO4S/c1-6-5-9(17-13-6)7-3-2-4-8(11(12)14)10(7)18(15)16/h2-5,8H,1H3. The van der Waals surface area contributed by atoms with Gasteiger partial charge in [-0.1, -0.05) is 23.4 Å². The van der Waals surface area contributed by atoms with Gasteiger partial charge in [0.2, 0.25) is 15.5 Å². The first-order valence-electron chi connectivity index (χ1n) is 4.98. The molecule has 0 saturated heterocycles. The number of nitrogens with zero attached hydrogens (tertiary/aromatic N) is 1. The second kappa shape index (κ2) is 4.91. The predicted molar refractivity (Wildman–Crippen MR) is 66.6 cm³/mol. The van der Waals surface area contributed by atoms with Crippen molar-refractivity contribution in [2.45, 2.75) is 6.92 Å². The van der Waals surface area contributed by atoms with Gasteiger partial charge in [0.25, 0.3) is 0 Å². The quantitative estimate of drug-likeness (QED) is 0.606. The van der Waals surface area contributed by atoms with Gasteiger partial charge in [-0.15, -0.1) is 0 Å². The van der Waals surface area contributed by atoms with Crippen molar-refractivity contribution in [3.05, 3.63) is 35.7 Å². The van der Waals surface area contributed by atoms with Crippen LogP contribution in [0.5, 0.6) is 0 Å². The van der Waals surface area contributed by atoms with Crippen molar-refractivity contribution < 1.29 is 17.7 Å². The summed E-state index contributed by atoms with van der Waals surface area (Å²) in [6.45, 7) is 1.71. The van der Waals surface area contributed by atoms with Gasteiger partial charge >= 0.3 is 0 Å². The van der Waals surface area contributed by atoms with E-state index in [1.54, 1.807) is 25.1 Å². The van der Waals surface area contributed by atoms with Crippen molar-refractivity contribution in [2.24, 2.45) is 5.92 Å². The van der Waals surface area contributed by atoms with Crippen LogP contribution in [0.25, 0.3) is 5.57 Å². The van der Waals surface area contributed by atoms with Crippen LogP contribution in [0.15, 0.2) is 28.8 Å². The molecule has 18 heavy (non-hydrogen) atoms. The fourth-order valence-corrected chi connectivity index (χ4v) is 2.65. The third-order valence-electron chi connectivity index (χ3n) is 2.43. The van der Waals surface area contributed by atoms with E-state index in [1.807, 2.05) is 0 Å². The zero-order valence-corrected chi connectivity index (χ0v) is 10.8. The van der Waals surface area contributed by atoms with Crippen LogP contribution in [0, 0.1) is 12.8 Å². The number of rotatable bonds is 2. The molecule has 0 radical (unpaired) electrons. The zero-order chi connectivity index (χ0) is 13.3. The molecule has 0 amide bonds. The molecule has 0 aliphatic heterocycles. The lowest BCUT2D eigenvalue weighted by Gasteiger charge is -2.13. The molecule has 0 saturated carbocycles. The third kappa shape index (κ3) is 2.30.